The van der Waals surface area contributed by atoms with Gasteiger partial charge in [-0.05, 0) is 24.3 Å². The van der Waals surface area contributed by atoms with Crippen LogP contribution >= 0.6 is 0 Å². The maximum absolute atomic E-state index is 10.0. The Balaban J connectivity index is 0.000000245. The largest absolute Gasteiger partial charge is 0.400 e. The van der Waals surface area contributed by atoms with E-state index in [-0.39, 0.29) is 0 Å². The van der Waals surface area contributed by atoms with Crippen molar-refractivity contribution in [2.75, 3.05) is 13.7 Å². The van der Waals surface area contributed by atoms with Crippen LogP contribution in [-0.2, 0) is 11.3 Å². The summed E-state index contributed by atoms with van der Waals surface area (Å²) in [4.78, 5) is 10.0. The number of carbonyl (C=O) groups excluding carboxylic acids is 1. The molecule has 0 spiro atoms. The van der Waals surface area contributed by atoms with Crippen LogP contribution in [0.3, 0.4) is 0 Å². The third-order valence-corrected chi connectivity index (χ3v) is 3.88. The van der Waals surface area contributed by atoms with Gasteiger partial charge in [0.2, 0.25) is 0 Å². The molecule has 3 rings (SSSR count). The zero-order chi connectivity index (χ0) is 17.5. The Kier molecular flexibility index (Phi) is 11.3. The van der Waals surface area contributed by atoms with Crippen LogP contribution in [-0.4, -0.2) is 25.1 Å². The summed E-state index contributed by atoms with van der Waals surface area (Å²) in [5.74, 6) is 0.832. The minimum Gasteiger partial charge on any atom is -0.400 e. The van der Waals surface area contributed by atoms with Crippen LogP contribution in [0.5, 0.6) is 0 Å². The molecule has 0 radical (unpaired) electrons. The van der Waals surface area contributed by atoms with E-state index >= 15 is 0 Å². The Hall–Kier alpha value is -1.97. The predicted octanol–water partition coefficient (Wildman–Crippen LogP) is 4.50. The van der Waals surface area contributed by atoms with Crippen LogP contribution in [0.15, 0.2) is 60.7 Å². The van der Waals surface area contributed by atoms with Gasteiger partial charge in [-0.15, -0.1) is 0 Å². The van der Waals surface area contributed by atoms with Gasteiger partial charge in [0, 0.05) is 19.3 Å². The highest BCUT2D eigenvalue weighted by Gasteiger charge is 2.14. The normalized spacial score (nSPS) is 13.2. The minimum absolute atomic E-state index is 0.729. The number of carbonyl (C=O) groups is 1. The highest BCUT2D eigenvalue weighted by molar-refractivity contribution is 5.74. The van der Waals surface area contributed by atoms with E-state index in [1.807, 2.05) is 24.3 Å². The molecule has 0 heterocycles. The van der Waals surface area contributed by atoms with Crippen molar-refractivity contribution in [2.24, 2.45) is 5.92 Å². The highest BCUT2D eigenvalue weighted by atomic mass is 16.5. The summed E-state index contributed by atoms with van der Waals surface area (Å²) in [5.41, 5.74) is 2.01. The number of hydrogen-bond donors (Lipinski definition) is 1. The predicted molar refractivity (Wildman–Crippen MR) is 98.0 cm³/mol. The van der Waals surface area contributed by atoms with E-state index in [9.17, 15) is 4.79 Å². The molecule has 1 N–H and O–H groups in total. The van der Waals surface area contributed by atoms with Gasteiger partial charge in [0.25, 0.3) is 0 Å². The molecule has 0 saturated heterocycles. The van der Waals surface area contributed by atoms with E-state index in [2.05, 4.69) is 24.3 Å². The van der Waals surface area contributed by atoms with E-state index in [4.69, 9.17) is 9.84 Å². The lowest BCUT2D eigenvalue weighted by molar-refractivity contribution is 0.0889. The first-order valence-electron chi connectivity index (χ1n) is 8.45. The number of benzene rings is 2. The fourth-order valence-electron chi connectivity index (χ4n) is 2.63. The zero-order valence-corrected chi connectivity index (χ0v) is 14.4. The van der Waals surface area contributed by atoms with Gasteiger partial charge >= 0.3 is 0 Å². The number of ether oxygens (including phenoxy) is 1. The molecule has 2 aromatic carbocycles. The molecule has 130 valence electrons. The third kappa shape index (κ3) is 8.61. The summed E-state index contributed by atoms with van der Waals surface area (Å²) in [6.45, 7) is 1.73. The first-order valence-corrected chi connectivity index (χ1v) is 8.45. The van der Waals surface area contributed by atoms with Gasteiger partial charge in [0.05, 0.1) is 6.61 Å². The van der Waals surface area contributed by atoms with Crippen molar-refractivity contribution in [3.8, 4) is 0 Å². The van der Waals surface area contributed by atoms with Crippen molar-refractivity contribution >= 4 is 6.29 Å². The number of aldehydes is 1. The molecular formula is C21H28O3. The third-order valence-electron chi connectivity index (χ3n) is 3.88. The molecular weight excluding hydrogens is 300 g/mol. The quantitative estimate of drug-likeness (QED) is 0.822. The fraction of sp³-hybridized carbons (Fsp3) is 0.381. The number of hydrogen-bond acceptors (Lipinski definition) is 3. The van der Waals surface area contributed by atoms with Crippen molar-refractivity contribution in [1.29, 1.82) is 0 Å². The average Bonchev–Trinajstić information content (AvgIpc) is 3.19. The molecule has 1 aliphatic carbocycles. The molecule has 0 aromatic heterocycles. The summed E-state index contributed by atoms with van der Waals surface area (Å²) in [7, 11) is 1.00. The Morgan fingerprint density at radius 2 is 1.50 bits per heavy atom. The molecule has 0 aliphatic heterocycles. The molecule has 1 saturated carbocycles. The average molecular weight is 328 g/mol. The van der Waals surface area contributed by atoms with Gasteiger partial charge in [0.15, 0.2) is 0 Å². The standard InChI is InChI=1S/C13H18O.C7H6O.CH4O/c1-2-6-12(7-3-1)10-14-11-13-8-4-5-9-13;8-6-7-4-2-1-3-5-7;1-2/h1-3,6-7,13H,4-5,8-11H2;1-6H;2H,1H3. The molecule has 0 bridgehead atoms. The molecule has 2 aromatic rings. The Morgan fingerprint density at radius 3 is 2.00 bits per heavy atom. The van der Waals surface area contributed by atoms with Crippen molar-refractivity contribution in [1.82, 2.24) is 0 Å². The summed E-state index contributed by atoms with van der Waals surface area (Å²) in [5, 5.41) is 7.00. The molecule has 1 aliphatic rings. The molecule has 1 fully saturated rings. The zero-order valence-electron chi connectivity index (χ0n) is 14.4. The van der Waals surface area contributed by atoms with Gasteiger partial charge in [-0.2, -0.15) is 0 Å². The van der Waals surface area contributed by atoms with Crippen molar-refractivity contribution in [3.05, 3.63) is 71.8 Å². The number of aliphatic hydroxyl groups is 1. The van der Waals surface area contributed by atoms with Crippen LogP contribution in [0, 0.1) is 5.92 Å². The second-order valence-electron chi connectivity index (χ2n) is 5.68. The van der Waals surface area contributed by atoms with Crippen LogP contribution in [0.25, 0.3) is 0 Å². The van der Waals surface area contributed by atoms with Gasteiger partial charge in [-0.1, -0.05) is 73.5 Å². The van der Waals surface area contributed by atoms with E-state index in [0.29, 0.717) is 0 Å². The van der Waals surface area contributed by atoms with E-state index < -0.39 is 0 Å². The lowest BCUT2D eigenvalue weighted by Gasteiger charge is -2.09. The van der Waals surface area contributed by atoms with Gasteiger partial charge in [-0.3, -0.25) is 4.79 Å². The Labute approximate surface area is 145 Å². The number of rotatable bonds is 5. The maximum Gasteiger partial charge on any atom is 0.150 e. The molecule has 0 unspecified atom stereocenters. The summed E-state index contributed by atoms with van der Waals surface area (Å²) in [6, 6.07) is 19.5. The van der Waals surface area contributed by atoms with E-state index in [1.54, 1.807) is 12.1 Å². The van der Waals surface area contributed by atoms with Crippen molar-refractivity contribution in [3.63, 3.8) is 0 Å². The lowest BCUT2D eigenvalue weighted by atomic mass is 10.1. The van der Waals surface area contributed by atoms with Crippen molar-refractivity contribution < 1.29 is 14.6 Å². The Bertz CT molecular complexity index is 519. The van der Waals surface area contributed by atoms with Gasteiger partial charge in [-0.25, -0.2) is 0 Å². The molecule has 3 heteroatoms. The second kappa shape index (κ2) is 13.5. The first-order chi connectivity index (χ1) is 11.9. The van der Waals surface area contributed by atoms with Crippen LogP contribution in [0.2, 0.25) is 0 Å². The van der Waals surface area contributed by atoms with Crippen LogP contribution in [0.1, 0.15) is 41.6 Å². The highest BCUT2D eigenvalue weighted by Crippen LogP contribution is 2.24. The molecule has 24 heavy (non-hydrogen) atoms. The first kappa shape index (κ1) is 20.1. The summed E-state index contributed by atoms with van der Waals surface area (Å²) < 4.78 is 5.70. The summed E-state index contributed by atoms with van der Waals surface area (Å²) >= 11 is 0. The van der Waals surface area contributed by atoms with E-state index in [1.165, 1.54) is 31.2 Å². The Morgan fingerprint density at radius 1 is 0.958 bits per heavy atom. The minimum atomic E-state index is 0.729. The van der Waals surface area contributed by atoms with Gasteiger partial charge < -0.3 is 9.84 Å². The summed E-state index contributed by atoms with van der Waals surface area (Å²) in [6.07, 6.45) is 6.38. The smallest absolute Gasteiger partial charge is 0.150 e. The van der Waals surface area contributed by atoms with E-state index in [0.717, 1.165) is 38.1 Å². The topological polar surface area (TPSA) is 46.5 Å². The monoisotopic (exact) mass is 328 g/mol. The van der Waals surface area contributed by atoms with Crippen LogP contribution < -0.4 is 0 Å². The van der Waals surface area contributed by atoms with Gasteiger partial charge in [0.1, 0.15) is 6.29 Å². The maximum atomic E-state index is 10.0. The molecule has 3 nitrogen and oxygen atoms in total. The molecule has 0 atom stereocenters. The van der Waals surface area contributed by atoms with Crippen LogP contribution in [0.4, 0.5) is 0 Å². The molecule has 0 amide bonds. The lowest BCUT2D eigenvalue weighted by Crippen LogP contribution is -2.05. The fourth-order valence-corrected chi connectivity index (χ4v) is 2.63. The second-order valence-corrected chi connectivity index (χ2v) is 5.68. The number of aliphatic hydroxyl groups excluding tert-OH is 1. The van der Waals surface area contributed by atoms with Crippen molar-refractivity contribution in [2.45, 2.75) is 32.3 Å². The SMILES string of the molecule is CO.O=Cc1ccccc1.c1ccc(COCC2CCCC2)cc1.